The Bertz CT molecular complexity index is 2850. The normalized spacial score (nSPS) is 12.1. The van der Waals surface area contributed by atoms with E-state index in [0.717, 1.165) is 39.2 Å². The highest BCUT2D eigenvalue weighted by Crippen LogP contribution is 2.41. The molecule has 4 heteroatoms. The smallest absolute Gasteiger partial charge is 0.0892 e. The van der Waals surface area contributed by atoms with Crippen LogP contribution in [0.5, 0.6) is 0 Å². The minimum absolute atomic E-state index is 0.845. The number of hydrogen-bond acceptors (Lipinski definition) is 4. The summed E-state index contributed by atoms with van der Waals surface area (Å²) in [5.74, 6) is 0. The summed E-state index contributed by atoms with van der Waals surface area (Å²) in [5, 5.41) is 5.21. The molecule has 9 rings (SSSR count). The number of hydrogen-bond donors (Lipinski definition) is 0. The third-order valence-corrected chi connectivity index (χ3v) is 12.0. The van der Waals surface area contributed by atoms with Crippen molar-refractivity contribution in [2.45, 2.75) is 6.92 Å². The molecule has 9 aromatic rings. The lowest BCUT2D eigenvalue weighted by Crippen LogP contribution is -1.91. The molecule has 0 aliphatic carbocycles. The van der Waals surface area contributed by atoms with Crippen molar-refractivity contribution < 1.29 is 0 Å². The van der Waals surface area contributed by atoms with Gasteiger partial charge in [-0.3, -0.25) is 9.97 Å². The lowest BCUT2D eigenvalue weighted by Gasteiger charge is -2.09. The van der Waals surface area contributed by atoms with E-state index in [0.29, 0.717) is 0 Å². The zero-order valence-corrected chi connectivity index (χ0v) is 29.6. The van der Waals surface area contributed by atoms with Crippen LogP contribution in [-0.2, 0) is 0 Å². The Balaban J connectivity index is 0.976. The fourth-order valence-electron chi connectivity index (χ4n) is 6.90. The SMILES string of the molecule is C=C(/C=C\C=C(/C)c1ccnc(-c2cc(-c3cccc(-c4cccc5c4sc4ccccc45)c3)ccn2)c1)c1cccc2c1sc1ccccc12. The third-order valence-electron chi connectivity index (χ3n) is 9.54. The minimum atomic E-state index is 0.845. The maximum absolute atomic E-state index is 4.74. The summed E-state index contributed by atoms with van der Waals surface area (Å²) in [7, 11) is 0. The third kappa shape index (κ3) is 5.79. The molecule has 5 aromatic carbocycles. The summed E-state index contributed by atoms with van der Waals surface area (Å²) in [6.07, 6.45) is 10.1. The quantitative estimate of drug-likeness (QED) is 0.156. The molecule has 0 bridgehead atoms. The van der Waals surface area contributed by atoms with Crippen molar-refractivity contribution >= 4 is 74.2 Å². The van der Waals surface area contributed by atoms with Gasteiger partial charge < -0.3 is 0 Å². The van der Waals surface area contributed by atoms with Gasteiger partial charge in [0.05, 0.1) is 11.4 Å². The van der Waals surface area contributed by atoms with Crippen molar-refractivity contribution in [1.82, 2.24) is 9.97 Å². The van der Waals surface area contributed by atoms with Gasteiger partial charge in [0.25, 0.3) is 0 Å². The standard InChI is InChI=1S/C47H32N2S2/c1-30(11-7-12-31(2)36-17-9-19-40-38-15-3-5-21-44(38)50-46(36)40)32-23-25-48-42(28-32)43-29-34(24-26-49-43)33-13-8-14-35(27-33)37-18-10-20-41-39-16-4-6-22-45(39)51-47(37)41/h3-29H,2H2,1H3/b12-7-,30-11+. The van der Waals surface area contributed by atoms with E-state index in [1.807, 2.05) is 35.1 Å². The molecule has 0 N–H and O–H groups in total. The molecule has 0 spiro atoms. The van der Waals surface area contributed by atoms with Crippen LogP contribution in [0.4, 0.5) is 0 Å². The van der Waals surface area contributed by atoms with E-state index in [4.69, 9.17) is 9.97 Å². The van der Waals surface area contributed by atoms with Gasteiger partial charge in [0, 0.05) is 52.7 Å². The largest absolute Gasteiger partial charge is 0.255 e. The number of thiophene rings is 2. The van der Waals surface area contributed by atoms with E-state index in [9.17, 15) is 0 Å². The second-order valence-electron chi connectivity index (χ2n) is 12.7. The Labute approximate surface area is 305 Å². The van der Waals surface area contributed by atoms with Gasteiger partial charge in [0.15, 0.2) is 0 Å². The molecule has 0 atom stereocenters. The molecular weight excluding hydrogens is 657 g/mol. The first-order valence-corrected chi connectivity index (χ1v) is 18.6. The van der Waals surface area contributed by atoms with Crippen LogP contribution in [0.15, 0.2) is 171 Å². The van der Waals surface area contributed by atoms with Crippen molar-refractivity contribution in [3.63, 3.8) is 0 Å². The minimum Gasteiger partial charge on any atom is -0.255 e. The van der Waals surface area contributed by atoms with Gasteiger partial charge in [-0.15, -0.1) is 22.7 Å². The molecule has 0 radical (unpaired) electrons. The first-order valence-electron chi connectivity index (χ1n) is 17.0. The van der Waals surface area contributed by atoms with Crippen molar-refractivity contribution in [2.75, 3.05) is 0 Å². The van der Waals surface area contributed by atoms with Gasteiger partial charge in [0.1, 0.15) is 0 Å². The lowest BCUT2D eigenvalue weighted by atomic mass is 9.97. The van der Waals surface area contributed by atoms with Gasteiger partial charge in [-0.2, -0.15) is 0 Å². The van der Waals surface area contributed by atoms with Crippen LogP contribution < -0.4 is 0 Å². The Morgan fingerprint density at radius 2 is 1.18 bits per heavy atom. The summed E-state index contributed by atoms with van der Waals surface area (Å²) in [5.41, 5.74) is 10.8. The van der Waals surface area contributed by atoms with Crippen molar-refractivity contribution in [2.24, 2.45) is 0 Å². The van der Waals surface area contributed by atoms with Crippen molar-refractivity contribution in [3.05, 3.63) is 182 Å². The summed E-state index contributed by atoms with van der Waals surface area (Å²) in [6.45, 7) is 6.55. The van der Waals surface area contributed by atoms with Crippen molar-refractivity contribution in [3.8, 4) is 33.6 Å². The molecule has 0 saturated carbocycles. The number of fused-ring (bicyclic) bond motifs is 6. The zero-order valence-electron chi connectivity index (χ0n) is 28.0. The second kappa shape index (κ2) is 13.1. The number of benzene rings is 5. The molecule has 0 aliphatic rings. The van der Waals surface area contributed by atoms with Crippen molar-refractivity contribution in [1.29, 1.82) is 0 Å². The Morgan fingerprint density at radius 3 is 1.98 bits per heavy atom. The molecule has 242 valence electrons. The monoisotopic (exact) mass is 688 g/mol. The van der Waals surface area contributed by atoms with E-state index in [2.05, 4.69) is 165 Å². The molecule has 51 heavy (non-hydrogen) atoms. The molecule has 0 fully saturated rings. The van der Waals surface area contributed by atoms with Gasteiger partial charge >= 0.3 is 0 Å². The fraction of sp³-hybridized carbons (Fsp3) is 0.0213. The molecule has 4 aromatic heterocycles. The fourth-order valence-corrected chi connectivity index (χ4v) is 9.39. The van der Waals surface area contributed by atoms with E-state index in [-0.39, 0.29) is 0 Å². The van der Waals surface area contributed by atoms with Crippen LogP contribution >= 0.6 is 22.7 Å². The zero-order chi connectivity index (χ0) is 34.3. The summed E-state index contributed by atoms with van der Waals surface area (Å²) < 4.78 is 5.22. The first-order chi connectivity index (χ1) is 25.1. The number of aromatic nitrogens is 2. The average molecular weight is 689 g/mol. The molecule has 2 nitrogen and oxygen atoms in total. The first kappa shape index (κ1) is 31.1. The highest BCUT2D eigenvalue weighted by atomic mass is 32.1. The Kier molecular flexibility index (Phi) is 7.96. The maximum Gasteiger partial charge on any atom is 0.0892 e. The van der Waals surface area contributed by atoms with Crippen LogP contribution in [0.1, 0.15) is 18.1 Å². The lowest BCUT2D eigenvalue weighted by molar-refractivity contribution is 1.24. The molecule has 0 aliphatic heterocycles. The van der Waals surface area contributed by atoms with Crippen LogP contribution in [-0.4, -0.2) is 9.97 Å². The molecule has 4 heterocycles. The van der Waals surface area contributed by atoms with Gasteiger partial charge in [-0.1, -0.05) is 116 Å². The maximum atomic E-state index is 4.74. The molecule has 0 amide bonds. The van der Waals surface area contributed by atoms with E-state index in [1.54, 1.807) is 0 Å². The predicted octanol–water partition coefficient (Wildman–Crippen LogP) is 13.9. The van der Waals surface area contributed by atoms with Crippen LogP contribution in [0.2, 0.25) is 0 Å². The molecule has 0 unspecified atom stereocenters. The van der Waals surface area contributed by atoms with E-state index >= 15 is 0 Å². The van der Waals surface area contributed by atoms with E-state index < -0.39 is 0 Å². The van der Waals surface area contributed by atoms with Crippen LogP contribution in [0, 0.1) is 0 Å². The highest BCUT2D eigenvalue weighted by Gasteiger charge is 2.13. The Hall–Kier alpha value is -5.94. The van der Waals surface area contributed by atoms with Gasteiger partial charge in [0.2, 0.25) is 0 Å². The average Bonchev–Trinajstić information content (AvgIpc) is 3.77. The summed E-state index contributed by atoms with van der Waals surface area (Å²) in [6, 6.07) is 47.6. The molecular formula is C47H32N2S2. The second-order valence-corrected chi connectivity index (χ2v) is 14.8. The highest BCUT2D eigenvalue weighted by molar-refractivity contribution is 7.26. The topological polar surface area (TPSA) is 25.8 Å². The number of pyridine rings is 2. The number of allylic oxidation sites excluding steroid dienone is 5. The van der Waals surface area contributed by atoms with Gasteiger partial charge in [-0.05, 0) is 93.9 Å². The predicted molar refractivity (Wildman–Crippen MR) is 222 cm³/mol. The van der Waals surface area contributed by atoms with E-state index in [1.165, 1.54) is 57.0 Å². The van der Waals surface area contributed by atoms with Crippen LogP contribution in [0.3, 0.4) is 0 Å². The van der Waals surface area contributed by atoms with Crippen LogP contribution in [0.25, 0.3) is 85.1 Å². The summed E-state index contributed by atoms with van der Waals surface area (Å²) >= 11 is 3.69. The number of nitrogens with zero attached hydrogens (tertiary/aromatic N) is 2. The van der Waals surface area contributed by atoms with Gasteiger partial charge in [-0.25, -0.2) is 0 Å². The Morgan fingerprint density at radius 1 is 0.569 bits per heavy atom. The molecule has 0 saturated heterocycles. The summed E-state index contributed by atoms with van der Waals surface area (Å²) in [4.78, 5) is 9.46. The number of rotatable bonds is 7.